The lowest BCUT2D eigenvalue weighted by Crippen LogP contribution is -2.43. The smallest absolute Gasteiger partial charge is 0.274 e. The lowest BCUT2D eigenvalue weighted by molar-refractivity contribution is 0.101. The zero-order valence-corrected chi connectivity index (χ0v) is 7.94. The molecule has 12 heavy (non-hydrogen) atoms. The van der Waals surface area contributed by atoms with Crippen LogP contribution in [0.3, 0.4) is 0 Å². The minimum absolute atomic E-state index is 0.252. The molecule has 0 unspecified atom stereocenters. The summed E-state index contributed by atoms with van der Waals surface area (Å²) in [5.74, 6) is 0. The van der Waals surface area contributed by atoms with Crippen molar-refractivity contribution >= 4 is 22.9 Å². The maximum atomic E-state index is 5.63. The summed E-state index contributed by atoms with van der Waals surface area (Å²) >= 11 is 7.05. The van der Waals surface area contributed by atoms with Crippen LogP contribution in [0.25, 0.3) is 0 Å². The second-order valence-electron chi connectivity index (χ2n) is 2.91. The fraction of sp³-hybridized carbons (Fsp3) is 0.571. The van der Waals surface area contributed by atoms with Crippen LogP contribution in [-0.4, -0.2) is 17.1 Å². The Bertz CT molecular complexity index is 272. The van der Waals surface area contributed by atoms with Crippen molar-refractivity contribution in [2.75, 3.05) is 0 Å². The minimum atomic E-state index is 0.252. The standard InChI is InChI=1S/C7H9ClN2OS/c8-6-3-12-7(10-6)11-5-1-4(9)2-5/h3-5H,1-2,9H2. The summed E-state index contributed by atoms with van der Waals surface area (Å²) in [6, 6.07) is 0.311. The van der Waals surface area contributed by atoms with Crippen LogP contribution in [0.15, 0.2) is 5.38 Å². The summed E-state index contributed by atoms with van der Waals surface area (Å²) in [6.45, 7) is 0. The largest absolute Gasteiger partial charge is 0.467 e. The summed E-state index contributed by atoms with van der Waals surface area (Å²) in [5.41, 5.74) is 5.60. The van der Waals surface area contributed by atoms with E-state index >= 15 is 0 Å². The Kier molecular flexibility index (Phi) is 2.21. The number of nitrogens with two attached hydrogens (primary N) is 1. The van der Waals surface area contributed by atoms with Gasteiger partial charge in [-0.05, 0) is 12.8 Å². The predicted molar refractivity (Wildman–Crippen MR) is 48.7 cm³/mol. The first kappa shape index (κ1) is 8.29. The molecule has 0 saturated heterocycles. The number of halogens is 1. The molecule has 66 valence electrons. The third-order valence-electron chi connectivity index (χ3n) is 1.85. The van der Waals surface area contributed by atoms with Crippen molar-refractivity contribution in [2.24, 2.45) is 5.73 Å². The van der Waals surface area contributed by atoms with E-state index in [-0.39, 0.29) is 6.10 Å². The highest BCUT2D eigenvalue weighted by atomic mass is 35.5. The van der Waals surface area contributed by atoms with Gasteiger partial charge in [0.1, 0.15) is 11.3 Å². The Labute approximate surface area is 79.5 Å². The van der Waals surface area contributed by atoms with E-state index in [0.717, 1.165) is 12.8 Å². The number of hydrogen-bond donors (Lipinski definition) is 1. The normalized spacial score (nSPS) is 28.2. The van der Waals surface area contributed by atoms with Gasteiger partial charge in [-0.3, -0.25) is 0 Å². The molecule has 0 amide bonds. The SMILES string of the molecule is NC1CC(Oc2nc(Cl)cs2)C1. The van der Waals surface area contributed by atoms with E-state index in [2.05, 4.69) is 4.98 Å². The highest BCUT2D eigenvalue weighted by Crippen LogP contribution is 2.28. The van der Waals surface area contributed by atoms with Gasteiger partial charge in [0.15, 0.2) is 0 Å². The van der Waals surface area contributed by atoms with Crippen molar-refractivity contribution in [3.8, 4) is 5.19 Å². The molecule has 2 rings (SSSR count). The quantitative estimate of drug-likeness (QED) is 0.797. The molecule has 2 N–H and O–H groups in total. The molecule has 0 aliphatic heterocycles. The average Bonchev–Trinajstić information content (AvgIpc) is 2.33. The van der Waals surface area contributed by atoms with E-state index in [1.165, 1.54) is 11.3 Å². The summed E-state index contributed by atoms with van der Waals surface area (Å²) in [5, 5.41) is 2.91. The number of aromatic nitrogens is 1. The molecule has 1 fully saturated rings. The highest BCUT2D eigenvalue weighted by molar-refractivity contribution is 7.11. The topological polar surface area (TPSA) is 48.1 Å². The molecule has 0 atom stereocenters. The van der Waals surface area contributed by atoms with Gasteiger partial charge in [-0.15, -0.1) is 0 Å². The van der Waals surface area contributed by atoms with Crippen LogP contribution >= 0.6 is 22.9 Å². The number of thiazole rings is 1. The third-order valence-corrected chi connectivity index (χ3v) is 2.91. The minimum Gasteiger partial charge on any atom is -0.467 e. The molecular formula is C7H9ClN2OS. The molecule has 5 heteroatoms. The van der Waals surface area contributed by atoms with Gasteiger partial charge in [0.25, 0.3) is 5.19 Å². The molecule has 1 aliphatic rings. The van der Waals surface area contributed by atoms with E-state index in [4.69, 9.17) is 22.1 Å². The first-order valence-electron chi connectivity index (χ1n) is 3.77. The molecule has 1 aromatic heterocycles. The zero-order chi connectivity index (χ0) is 8.55. The molecule has 0 bridgehead atoms. The highest BCUT2D eigenvalue weighted by Gasteiger charge is 2.28. The van der Waals surface area contributed by atoms with Crippen LogP contribution in [0.2, 0.25) is 5.15 Å². The Morgan fingerprint density at radius 3 is 2.92 bits per heavy atom. The second-order valence-corrected chi connectivity index (χ2v) is 4.12. The number of nitrogens with zero attached hydrogens (tertiary/aromatic N) is 1. The Balaban J connectivity index is 1.88. The molecule has 0 aromatic carbocycles. The van der Waals surface area contributed by atoms with Gasteiger partial charge in [0, 0.05) is 11.4 Å². The monoisotopic (exact) mass is 204 g/mol. The summed E-state index contributed by atoms with van der Waals surface area (Å²) in [4.78, 5) is 3.98. The maximum absolute atomic E-state index is 5.63. The number of ether oxygens (including phenoxy) is 1. The van der Waals surface area contributed by atoms with Crippen molar-refractivity contribution < 1.29 is 4.74 Å². The fourth-order valence-electron chi connectivity index (χ4n) is 1.14. The van der Waals surface area contributed by atoms with Crippen molar-refractivity contribution in [1.82, 2.24) is 4.98 Å². The predicted octanol–water partition coefficient (Wildman–Crippen LogP) is 1.66. The summed E-state index contributed by atoms with van der Waals surface area (Å²) < 4.78 is 5.48. The molecule has 0 spiro atoms. The van der Waals surface area contributed by atoms with Gasteiger partial charge in [-0.2, -0.15) is 4.98 Å². The van der Waals surface area contributed by atoms with Crippen LogP contribution in [0, 0.1) is 0 Å². The van der Waals surface area contributed by atoms with Crippen molar-refractivity contribution in [3.63, 3.8) is 0 Å². The van der Waals surface area contributed by atoms with Crippen molar-refractivity contribution in [1.29, 1.82) is 0 Å². The van der Waals surface area contributed by atoms with Gasteiger partial charge in [0.2, 0.25) is 0 Å². The molecular weight excluding hydrogens is 196 g/mol. The van der Waals surface area contributed by atoms with Crippen molar-refractivity contribution in [3.05, 3.63) is 10.5 Å². The molecule has 1 aromatic rings. The molecule has 1 heterocycles. The van der Waals surface area contributed by atoms with E-state index in [1.54, 1.807) is 5.38 Å². The maximum Gasteiger partial charge on any atom is 0.274 e. The Morgan fingerprint density at radius 1 is 1.67 bits per heavy atom. The lowest BCUT2D eigenvalue weighted by Gasteiger charge is -2.31. The summed E-state index contributed by atoms with van der Waals surface area (Å²) in [6.07, 6.45) is 2.11. The molecule has 1 saturated carbocycles. The Hall–Kier alpha value is -0.320. The van der Waals surface area contributed by atoms with E-state index < -0.39 is 0 Å². The zero-order valence-electron chi connectivity index (χ0n) is 6.37. The number of hydrogen-bond acceptors (Lipinski definition) is 4. The van der Waals surface area contributed by atoms with Crippen LogP contribution in [-0.2, 0) is 0 Å². The van der Waals surface area contributed by atoms with Crippen LogP contribution in [0.5, 0.6) is 5.19 Å². The molecule has 0 radical (unpaired) electrons. The summed E-state index contributed by atoms with van der Waals surface area (Å²) in [7, 11) is 0. The van der Waals surface area contributed by atoms with Crippen molar-refractivity contribution in [2.45, 2.75) is 25.0 Å². The number of rotatable bonds is 2. The average molecular weight is 205 g/mol. The molecule has 3 nitrogen and oxygen atoms in total. The first-order valence-corrected chi connectivity index (χ1v) is 5.03. The van der Waals surface area contributed by atoms with Gasteiger partial charge < -0.3 is 10.5 Å². The Morgan fingerprint density at radius 2 is 2.42 bits per heavy atom. The molecule has 1 aliphatic carbocycles. The second kappa shape index (κ2) is 3.20. The van der Waals surface area contributed by atoms with Gasteiger partial charge >= 0.3 is 0 Å². The van der Waals surface area contributed by atoms with E-state index in [9.17, 15) is 0 Å². The van der Waals surface area contributed by atoms with Gasteiger partial charge in [-0.25, -0.2) is 0 Å². The van der Waals surface area contributed by atoms with Gasteiger partial charge in [0.05, 0.1) is 0 Å². The van der Waals surface area contributed by atoms with Gasteiger partial charge in [-0.1, -0.05) is 22.9 Å². The third kappa shape index (κ3) is 1.71. The first-order chi connectivity index (χ1) is 5.74. The lowest BCUT2D eigenvalue weighted by atomic mass is 9.90. The van der Waals surface area contributed by atoms with Crippen LogP contribution < -0.4 is 10.5 Å². The van der Waals surface area contributed by atoms with Crippen LogP contribution in [0.4, 0.5) is 0 Å². The fourth-order valence-corrected chi connectivity index (χ4v) is 1.99. The van der Waals surface area contributed by atoms with E-state index in [1.807, 2.05) is 0 Å². The van der Waals surface area contributed by atoms with Crippen LogP contribution in [0.1, 0.15) is 12.8 Å². The van der Waals surface area contributed by atoms with E-state index in [0.29, 0.717) is 16.4 Å².